The van der Waals surface area contributed by atoms with Crippen LogP contribution >= 0.6 is 0 Å². The van der Waals surface area contributed by atoms with Crippen molar-refractivity contribution >= 4 is 27.2 Å². The maximum atomic E-state index is 15.3. The minimum Gasteiger partial charge on any atom is -0.416 e. The van der Waals surface area contributed by atoms with Gasteiger partial charge in [0.05, 0.1) is 29.3 Å². The lowest BCUT2D eigenvalue weighted by Crippen LogP contribution is -2.40. The lowest BCUT2D eigenvalue weighted by atomic mass is 9.85. The maximum absolute atomic E-state index is 15.3. The Labute approximate surface area is 237 Å². The first-order valence-corrected chi connectivity index (χ1v) is 15.8. The normalized spacial score (nSPS) is 21.2. The Kier molecular flexibility index (Phi) is 7.58. The highest BCUT2D eigenvalue weighted by molar-refractivity contribution is 7.92. The average Bonchev–Trinajstić information content (AvgIpc) is 3.43. The molecule has 10 nitrogen and oxygen atoms in total. The Morgan fingerprint density at radius 3 is 2.59 bits per heavy atom. The predicted octanol–water partition coefficient (Wildman–Crippen LogP) is 4.39. The molecule has 1 unspecified atom stereocenters. The first-order chi connectivity index (χ1) is 19.7. The van der Waals surface area contributed by atoms with E-state index in [4.69, 9.17) is 9.52 Å². The van der Waals surface area contributed by atoms with Crippen molar-refractivity contribution in [3.05, 3.63) is 36.5 Å². The average molecular weight is 589 g/mol. The molecule has 8 bridgehead atoms. The lowest BCUT2D eigenvalue weighted by molar-refractivity contribution is -0.0481. The Balaban J connectivity index is 1.40. The van der Waals surface area contributed by atoms with Crippen molar-refractivity contribution in [3.8, 4) is 22.9 Å². The number of hydrogen-bond acceptors (Lipinski definition) is 9. The second-order valence-electron chi connectivity index (χ2n) is 11.3. The number of fused-ring (bicyclic) bond motifs is 4. The molecule has 0 saturated carbocycles. The molecule has 2 N–H and O–H groups in total. The number of nitrogens with zero attached hydrogens (tertiary/aromatic N) is 5. The van der Waals surface area contributed by atoms with Crippen molar-refractivity contribution in [1.29, 1.82) is 0 Å². The van der Waals surface area contributed by atoms with Crippen molar-refractivity contribution in [1.82, 2.24) is 15.2 Å². The van der Waals surface area contributed by atoms with Crippen LogP contribution in [0.5, 0.6) is 0 Å². The second kappa shape index (κ2) is 11.2. The van der Waals surface area contributed by atoms with Crippen LogP contribution in [0.15, 0.2) is 40.9 Å². The van der Waals surface area contributed by atoms with Gasteiger partial charge in [-0.15, -0.1) is 10.2 Å². The number of hydrogen-bond donors (Lipinski definition) is 2. The van der Waals surface area contributed by atoms with Gasteiger partial charge in [0.1, 0.15) is 5.82 Å². The van der Waals surface area contributed by atoms with Crippen LogP contribution in [0.25, 0.3) is 22.9 Å². The van der Waals surface area contributed by atoms with Crippen LogP contribution in [0.2, 0.25) is 0 Å². The highest BCUT2D eigenvalue weighted by Crippen LogP contribution is 2.41. The quantitative estimate of drug-likeness (QED) is 0.456. The van der Waals surface area contributed by atoms with Gasteiger partial charge >= 0.3 is 0 Å². The van der Waals surface area contributed by atoms with Crippen molar-refractivity contribution in [3.63, 3.8) is 0 Å². The number of nitrogens with one attached hydrogen (secondary N) is 1. The number of benzene rings is 1. The summed E-state index contributed by atoms with van der Waals surface area (Å²) in [4.78, 5) is 8.64. The molecule has 1 atom stereocenters. The van der Waals surface area contributed by atoms with Crippen LogP contribution in [0.3, 0.4) is 0 Å². The van der Waals surface area contributed by atoms with Crippen molar-refractivity contribution in [2.45, 2.75) is 44.4 Å². The van der Waals surface area contributed by atoms with Gasteiger partial charge in [0.2, 0.25) is 27.7 Å². The van der Waals surface area contributed by atoms with Gasteiger partial charge < -0.3 is 19.3 Å². The number of halogens is 2. The molecule has 0 amide bonds. The first kappa shape index (κ1) is 27.8. The molecule has 2 saturated heterocycles. The van der Waals surface area contributed by atoms with Gasteiger partial charge in [-0.3, -0.25) is 4.72 Å². The first-order valence-electron chi connectivity index (χ1n) is 14.1. The zero-order valence-corrected chi connectivity index (χ0v) is 23.5. The molecule has 2 aromatic heterocycles. The summed E-state index contributed by atoms with van der Waals surface area (Å²) in [5, 5.41) is 17.7. The molecule has 4 aliphatic heterocycles. The molecule has 1 aromatic carbocycles. The molecule has 0 aliphatic carbocycles. The van der Waals surface area contributed by atoms with E-state index in [-0.39, 0.29) is 30.6 Å². The van der Waals surface area contributed by atoms with Crippen molar-refractivity contribution in [2.75, 3.05) is 53.1 Å². The zero-order chi connectivity index (χ0) is 28.6. The number of pyridine rings is 1. The number of aromatic nitrogens is 3. The molecule has 4 aliphatic rings. The van der Waals surface area contributed by atoms with E-state index in [1.165, 1.54) is 0 Å². The summed E-state index contributed by atoms with van der Waals surface area (Å²) in [5.41, 5.74) is 2.30. The van der Waals surface area contributed by atoms with E-state index >= 15 is 8.78 Å². The van der Waals surface area contributed by atoms with E-state index in [1.54, 1.807) is 30.5 Å². The highest BCUT2D eigenvalue weighted by Gasteiger charge is 2.38. The fourth-order valence-electron chi connectivity index (χ4n) is 6.31. The van der Waals surface area contributed by atoms with Crippen LogP contribution in [0.1, 0.15) is 38.5 Å². The van der Waals surface area contributed by atoms with E-state index in [0.717, 1.165) is 19.4 Å². The monoisotopic (exact) mass is 588 g/mol. The third kappa shape index (κ3) is 6.30. The van der Waals surface area contributed by atoms with Gasteiger partial charge in [0.25, 0.3) is 0 Å². The van der Waals surface area contributed by atoms with Crippen LogP contribution in [0.4, 0.5) is 26.0 Å². The Bertz CT molecular complexity index is 1490. The number of sulfonamides is 1. The van der Waals surface area contributed by atoms with Gasteiger partial charge in [0, 0.05) is 50.8 Å². The van der Waals surface area contributed by atoms with E-state index in [9.17, 15) is 8.42 Å². The van der Waals surface area contributed by atoms with E-state index in [2.05, 4.69) is 29.7 Å². The molecule has 7 rings (SSSR count). The summed E-state index contributed by atoms with van der Waals surface area (Å²) in [5.74, 6) is -2.12. The molecule has 0 radical (unpaired) electrons. The Hall–Kier alpha value is -3.32. The van der Waals surface area contributed by atoms with E-state index in [0.29, 0.717) is 66.7 Å². The van der Waals surface area contributed by atoms with Gasteiger partial charge in [-0.2, -0.15) is 0 Å². The van der Waals surface area contributed by atoms with Crippen LogP contribution in [0, 0.1) is 11.8 Å². The minimum absolute atomic E-state index is 0.108. The molecular weight excluding hydrogens is 554 g/mol. The summed E-state index contributed by atoms with van der Waals surface area (Å²) < 4.78 is 64.0. The Morgan fingerprint density at radius 1 is 1.00 bits per heavy atom. The number of aliphatic hydroxyl groups excluding tert-OH is 1. The smallest absolute Gasteiger partial charge is 0.250 e. The number of aliphatic hydroxyl groups is 1. The Morgan fingerprint density at radius 2 is 1.78 bits per heavy atom. The lowest BCUT2D eigenvalue weighted by Gasteiger charge is -2.38. The highest BCUT2D eigenvalue weighted by atomic mass is 32.2. The largest absolute Gasteiger partial charge is 0.416 e. The molecule has 0 spiro atoms. The third-order valence-electron chi connectivity index (χ3n) is 8.25. The summed E-state index contributed by atoms with van der Waals surface area (Å²) in [6, 6.07) is 8.65. The fourth-order valence-corrected chi connectivity index (χ4v) is 7.14. The van der Waals surface area contributed by atoms with Crippen LogP contribution in [-0.4, -0.2) is 73.2 Å². The molecule has 2 fully saturated rings. The standard InChI is InChI=1S/C28H34F2N6O4S/c29-28(30)16-19-6-10-35(11-7-19)24-15-22(34-41(38,39)13-12-37)3-4-23(24)27-33-32-26(40-27)21-5-8-31-25(14-21)36-9-1-2-20(17-28)18-36/h3-5,8,14-15,19-20,34,37H,1-2,6-7,9-13,16-18H2. The predicted molar refractivity (Wildman–Crippen MR) is 152 cm³/mol. The zero-order valence-electron chi connectivity index (χ0n) is 22.7. The second-order valence-corrected chi connectivity index (χ2v) is 13.2. The molecule has 41 heavy (non-hydrogen) atoms. The van der Waals surface area contributed by atoms with Gasteiger partial charge in [-0.1, -0.05) is 0 Å². The summed E-state index contributed by atoms with van der Waals surface area (Å²) in [6.07, 6.45) is 4.20. The van der Waals surface area contributed by atoms with Crippen LogP contribution in [-0.2, 0) is 10.0 Å². The fraction of sp³-hybridized carbons (Fsp3) is 0.536. The minimum atomic E-state index is -3.74. The van der Waals surface area contributed by atoms with Crippen molar-refractivity contribution < 1.29 is 26.7 Å². The molecular formula is C28H34F2N6O4S. The van der Waals surface area contributed by atoms with Crippen molar-refractivity contribution in [2.24, 2.45) is 11.8 Å². The number of alkyl halides is 2. The van der Waals surface area contributed by atoms with E-state index in [1.807, 2.05) is 6.07 Å². The van der Waals surface area contributed by atoms with Gasteiger partial charge in [-0.25, -0.2) is 22.2 Å². The molecule has 220 valence electrons. The maximum Gasteiger partial charge on any atom is 0.250 e. The molecule has 6 heterocycles. The summed E-state index contributed by atoms with van der Waals surface area (Å²) >= 11 is 0. The third-order valence-corrected chi connectivity index (χ3v) is 9.52. The molecule has 3 aromatic rings. The number of anilines is 3. The van der Waals surface area contributed by atoms with Gasteiger partial charge in [0.15, 0.2) is 0 Å². The topological polar surface area (TPSA) is 125 Å². The number of rotatable bonds is 4. The van der Waals surface area contributed by atoms with Crippen LogP contribution < -0.4 is 14.5 Å². The number of piperidine rings is 2. The van der Waals surface area contributed by atoms with E-state index < -0.39 is 28.3 Å². The SMILES string of the molecule is O=S(=O)(CCO)Nc1ccc2c(c1)N1CCC(CC1)CC(F)(F)CC1CCCN(C1)c1cc(ccn1)-c1nnc-2o1. The van der Waals surface area contributed by atoms with Gasteiger partial charge in [-0.05, 0) is 67.9 Å². The summed E-state index contributed by atoms with van der Waals surface area (Å²) in [6.45, 7) is 1.86. The molecule has 13 heteroatoms. The summed E-state index contributed by atoms with van der Waals surface area (Å²) in [7, 11) is -3.74.